The van der Waals surface area contributed by atoms with E-state index in [-0.39, 0.29) is 12.4 Å². The van der Waals surface area contributed by atoms with Gasteiger partial charge in [-0.2, -0.15) is 0 Å². The van der Waals surface area contributed by atoms with Gasteiger partial charge in [0.25, 0.3) is 0 Å². The lowest BCUT2D eigenvalue weighted by atomic mass is 10.0. The van der Waals surface area contributed by atoms with Gasteiger partial charge in [-0.05, 0) is 17.0 Å². The zero-order chi connectivity index (χ0) is 11.4. The molecule has 96 valence electrons. The van der Waals surface area contributed by atoms with Gasteiger partial charge < -0.3 is 5.32 Å². The quantitative estimate of drug-likeness (QED) is 0.892. The van der Waals surface area contributed by atoms with Crippen molar-refractivity contribution < 1.29 is 0 Å². The Bertz CT molecular complexity index is 315. The van der Waals surface area contributed by atoms with E-state index in [1.165, 1.54) is 24.2 Å². The summed E-state index contributed by atoms with van der Waals surface area (Å²) in [5.74, 6) is 0.633. The predicted octanol–water partition coefficient (Wildman–Crippen LogP) is 2.64. The monoisotopic (exact) mass is 254 g/mol. The lowest BCUT2D eigenvalue weighted by Gasteiger charge is -2.27. The molecule has 1 heterocycles. The zero-order valence-electron chi connectivity index (χ0n) is 10.8. The molecule has 1 saturated heterocycles. The van der Waals surface area contributed by atoms with Crippen LogP contribution in [0.15, 0.2) is 24.3 Å². The van der Waals surface area contributed by atoms with Crippen LogP contribution in [0.1, 0.15) is 30.9 Å². The third kappa shape index (κ3) is 4.30. The third-order valence-corrected chi connectivity index (χ3v) is 3.26. The fourth-order valence-corrected chi connectivity index (χ4v) is 2.14. The highest BCUT2D eigenvalue weighted by Crippen LogP contribution is 2.15. The molecule has 3 heteroatoms. The Hall–Kier alpha value is -0.570. The summed E-state index contributed by atoms with van der Waals surface area (Å²) in [5.41, 5.74) is 2.87. The van der Waals surface area contributed by atoms with Crippen molar-refractivity contribution in [1.82, 2.24) is 10.2 Å². The maximum atomic E-state index is 3.38. The van der Waals surface area contributed by atoms with Crippen molar-refractivity contribution in [2.24, 2.45) is 0 Å². The molecule has 0 saturated carbocycles. The van der Waals surface area contributed by atoms with Crippen molar-refractivity contribution in [3.63, 3.8) is 0 Å². The van der Waals surface area contributed by atoms with Crippen molar-refractivity contribution in [2.45, 2.75) is 26.3 Å². The molecule has 1 aromatic rings. The van der Waals surface area contributed by atoms with Crippen LogP contribution in [0.2, 0.25) is 0 Å². The van der Waals surface area contributed by atoms with Crippen LogP contribution in [0.5, 0.6) is 0 Å². The van der Waals surface area contributed by atoms with Gasteiger partial charge in [-0.15, -0.1) is 12.4 Å². The summed E-state index contributed by atoms with van der Waals surface area (Å²) in [6.07, 6.45) is 0. The van der Waals surface area contributed by atoms with E-state index in [0.29, 0.717) is 5.92 Å². The topological polar surface area (TPSA) is 15.3 Å². The van der Waals surface area contributed by atoms with Gasteiger partial charge in [-0.1, -0.05) is 38.1 Å². The predicted molar refractivity (Wildman–Crippen MR) is 75.9 cm³/mol. The number of rotatable bonds is 3. The molecule has 1 N–H and O–H groups in total. The van der Waals surface area contributed by atoms with E-state index >= 15 is 0 Å². The van der Waals surface area contributed by atoms with Gasteiger partial charge in [0, 0.05) is 32.7 Å². The van der Waals surface area contributed by atoms with E-state index < -0.39 is 0 Å². The van der Waals surface area contributed by atoms with Crippen LogP contribution in [-0.2, 0) is 6.54 Å². The standard InChI is InChI=1S/C14H22N2.ClH/c1-12(2)14-5-3-13(4-6-14)11-16-9-7-15-8-10-16;/h3-6,12,15H,7-11H2,1-2H3;1H. The molecule has 17 heavy (non-hydrogen) atoms. The van der Waals surface area contributed by atoms with Crippen molar-refractivity contribution in [1.29, 1.82) is 0 Å². The van der Waals surface area contributed by atoms with E-state index in [4.69, 9.17) is 0 Å². The smallest absolute Gasteiger partial charge is 0.0234 e. The van der Waals surface area contributed by atoms with Gasteiger partial charge in [0.15, 0.2) is 0 Å². The average Bonchev–Trinajstić information content (AvgIpc) is 2.31. The molecule has 0 bridgehead atoms. The fraction of sp³-hybridized carbons (Fsp3) is 0.571. The minimum atomic E-state index is 0. The van der Waals surface area contributed by atoms with E-state index in [1.54, 1.807) is 0 Å². The summed E-state index contributed by atoms with van der Waals surface area (Å²) in [4.78, 5) is 2.51. The Morgan fingerprint density at radius 3 is 2.24 bits per heavy atom. The molecular weight excluding hydrogens is 232 g/mol. The lowest BCUT2D eigenvalue weighted by molar-refractivity contribution is 0.233. The first-order valence-electron chi connectivity index (χ1n) is 6.27. The van der Waals surface area contributed by atoms with Crippen LogP contribution < -0.4 is 5.32 Å². The third-order valence-electron chi connectivity index (χ3n) is 3.26. The molecule has 1 aliphatic heterocycles. The van der Waals surface area contributed by atoms with Gasteiger partial charge >= 0.3 is 0 Å². The molecule has 0 radical (unpaired) electrons. The van der Waals surface area contributed by atoms with E-state index in [2.05, 4.69) is 48.3 Å². The highest BCUT2D eigenvalue weighted by Gasteiger charge is 2.09. The molecule has 0 atom stereocenters. The molecule has 0 aromatic heterocycles. The molecule has 1 aromatic carbocycles. The molecule has 1 aliphatic rings. The number of nitrogens with zero attached hydrogens (tertiary/aromatic N) is 1. The van der Waals surface area contributed by atoms with Crippen LogP contribution in [0, 0.1) is 0 Å². The second-order valence-electron chi connectivity index (χ2n) is 4.92. The normalized spacial score (nSPS) is 16.9. The first-order chi connectivity index (χ1) is 7.75. The van der Waals surface area contributed by atoms with Crippen LogP contribution >= 0.6 is 12.4 Å². The number of piperazine rings is 1. The van der Waals surface area contributed by atoms with Crippen LogP contribution in [0.3, 0.4) is 0 Å². The summed E-state index contributed by atoms with van der Waals surface area (Å²) >= 11 is 0. The Morgan fingerprint density at radius 1 is 1.12 bits per heavy atom. The summed E-state index contributed by atoms with van der Waals surface area (Å²) in [6, 6.07) is 9.08. The molecule has 2 nitrogen and oxygen atoms in total. The first kappa shape index (κ1) is 14.5. The van der Waals surface area contributed by atoms with Gasteiger partial charge in [-0.3, -0.25) is 4.90 Å². The van der Waals surface area contributed by atoms with Crippen molar-refractivity contribution in [3.8, 4) is 0 Å². The number of halogens is 1. The van der Waals surface area contributed by atoms with Gasteiger partial charge in [-0.25, -0.2) is 0 Å². The zero-order valence-corrected chi connectivity index (χ0v) is 11.6. The maximum absolute atomic E-state index is 3.38. The second kappa shape index (κ2) is 7.00. The van der Waals surface area contributed by atoms with Crippen molar-refractivity contribution in [2.75, 3.05) is 26.2 Å². The van der Waals surface area contributed by atoms with E-state index in [0.717, 1.165) is 19.6 Å². The van der Waals surface area contributed by atoms with Crippen molar-refractivity contribution >= 4 is 12.4 Å². The summed E-state index contributed by atoms with van der Waals surface area (Å²) < 4.78 is 0. The molecule has 1 fully saturated rings. The Kier molecular flexibility index (Phi) is 5.96. The molecule has 2 rings (SSSR count). The summed E-state index contributed by atoms with van der Waals surface area (Å²) in [7, 11) is 0. The Balaban J connectivity index is 0.00000144. The molecular formula is C14H23ClN2. The largest absolute Gasteiger partial charge is 0.314 e. The summed E-state index contributed by atoms with van der Waals surface area (Å²) in [6.45, 7) is 10.2. The highest BCUT2D eigenvalue weighted by molar-refractivity contribution is 5.85. The lowest BCUT2D eigenvalue weighted by Crippen LogP contribution is -2.42. The highest BCUT2D eigenvalue weighted by atomic mass is 35.5. The van der Waals surface area contributed by atoms with Crippen LogP contribution in [0.4, 0.5) is 0 Å². The number of benzene rings is 1. The van der Waals surface area contributed by atoms with Crippen molar-refractivity contribution in [3.05, 3.63) is 35.4 Å². The Morgan fingerprint density at radius 2 is 1.71 bits per heavy atom. The van der Waals surface area contributed by atoms with Gasteiger partial charge in [0.1, 0.15) is 0 Å². The minimum Gasteiger partial charge on any atom is -0.314 e. The molecule has 0 amide bonds. The van der Waals surface area contributed by atoms with E-state index in [1.807, 2.05) is 0 Å². The molecule has 0 unspecified atom stereocenters. The second-order valence-corrected chi connectivity index (χ2v) is 4.92. The minimum absolute atomic E-state index is 0. The van der Waals surface area contributed by atoms with Gasteiger partial charge in [0.2, 0.25) is 0 Å². The first-order valence-corrected chi connectivity index (χ1v) is 6.27. The number of nitrogens with one attached hydrogen (secondary N) is 1. The number of hydrogen-bond acceptors (Lipinski definition) is 2. The SMILES string of the molecule is CC(C)c1ccc(CN2CCNCC2)cc1.Cl. The average molecular weight is 255 g/mol. The molecule has 0 spiro atoms. The number of hydrogen-bond donors (Lipinski definition) is 1. The summed E-state index contributed by atoms with van der Waals surface area (Å²) in [5, 5.41) is 3.38. The van der Waals surface area contributed by atoms with Crippen LogP contribution in [-0.4, -0.2) is 31.1 Å². The fourth-order valence-electron chi connectivity index (χ4n) is 2.14. The van der Waals surface area contributed by atoms with Crippen LogP contribution in [0.25, 0.3) is 0 Å². The maximum Gasteiger partial charge on any atom is 0.0234 e. The molecule has 0 aliphatic carbocycles. The Labute approximate surface area is 111 Å². The van der Waals surface area contributed by atoms with E-state index in [9.17, 15) is 0 Å². The van der Waals surface area contributed by atoms with Gasteiger partial charge in [0.05, 0.1) is 0 Å².